The number of benzene rings is 1. The van der Waals surface area contributed by atoms with Gasteiger partial charge in [-0.2, -0.15) is 13.2 Å². The van der Waals surface area contributed by atoms with Crippen LogP contribution >= 0.6 is 39.1 Å². The summed E-state index contributed by atoms with van der Waals surface area (Å²) in [6.07, 6.45) is -6.74. The number of carboxylic acids is 1. The summed E-state index contributed by atoms with van der Waals surface area (Å²) in [6, 6.07) is 0. The number of rotatable bonds is 2. The van der Waals surface area contributed by atoms with E-state index in [1.54, 1.807) is 0 Å². The quantitative estimate of drug-likeness (QED) is 0.711. The minimum Gasteiger partial charge on any atom is -0.491 e. The smallest absolute Gasteiger partial charge is 0.430 e. The Morgan fingerprint density at radius 3 is 2.45 bits per heavy atom. The lowest BCUT2D eigenvalue weighted by atomic mass is 10.0. The molecule has 0 aliphatic carbocycles. The van der Waals surface area contributed by atoms with E-state index >= 15 is 0 Å². The third-order valence-corrected chi connectivity index (χ3v) is 4.73. The largest absolute Gasteiger partial charge is 0.491 e. The second kappa shape index (κ2) is 5.82. The van der Waals surface area contributed by atoms with Crippen molar-refractivity contribution in [1.82, 2.24) is 0 Å². The molecular formula is C12H6BrCl2F3O4. The third kappa shape index (κ3) is 2.75. The summed E-state index contributed by atoms with van der Waals surface area (Å²) in [5.41, 5.74) is -0.967. The van der Waals surface area contributed by atoms with Crippen molar-refractivity contribution in [1.29, 1.82) is 0 Å². The zero-order valence-electron chi connectivity index (χ0n) is 10.6. The first-order valence-corrected chi connectivity index (χ1v) is 7.07. The topological polar surface area (TPSA) is 55.8 Å². The first-order chi connectivity index (χ1) is 10.1. The van der Waals surface area contributed by atoms with Gasteiger partial charge in [-0.1, -0.05) is 23.2 Å². The highest BCUT2D eigenvalue weighted by molar-refractivity contribution is 9.10. The Kier molecular flexibility index (Phi) is 4.56. The minimum atomic E-state index is -4.93. The van der Waals surface area contributed by atoms with Gasteiger partial charge in [-0.25, -0.2) is 4.79 Å². The van der Waals surface area contributed by atoms with Crippen LogP contribution in [-0.2, 0) is 4.79 Å². The number of methoxy groups -OCH3 is 1. The molecule has 1 aliphatic heterocycles. The van der Waals surface area contributed by atoms with Crippen LogP contribution in [0.5, 0.6) is 11.5 Å². The molecule has 22 heavy (non-hydrogen) atoms. The van der Waals surface area contributed by atoms with Crippen LogP contribution in [0.25, 0.3) is 6.08 Å². The fourth-order valence-electron chi connectivity index (χ4n) is 1.89. The van der Waals surface area contributed by atoms with Crippen LogP contribution in [0.3, 0.4) is 0 Å². The maximum atomic E-state index is 13.0. The summed E-state index contributed by atoms with van der Waals surface area (Å²) in [5.74, 6) is -2.30. The molecule has 0 fully saturated rings. The first kappa shape index (κ1) is 17.2. The SMILES string of the molecule is COc1c(Cl)c(Cl)c(Br)c2c1OC(C(F)(F)F)C(C(=O)O)=C2. The number of halogens is 6. The monoisotopic (exact) mass is 420 g/mol. The molecule has 1 unspecified atom stereocenters. The number of ether oxygens (including phenoxy) is 2. The number of aliphatic carboxylic acids is 1. The number of hydrogen-bond acceptors (Lipinski definition) is 3. The average Bonchev–Trinajstić information content (AvgIpc) is 2.43. The molecule has 0 radical (unpaired) electrons. The lowest BCUT2D eigenvalue weighted by molar-refractivity contribution is -0.187. The fraction of sp³-hybridized carbons (Fsp3) is 0.250. The standard InChI is InChI=1S/C12H6BrCl2F3O4/c1-21-9-7(15)6(14)5(13)3-2-4(11(19)20)10(12(16,17)18)22-8(3)9/h2,10H,1H3,(H,19,20). The highest BCUT2D eigenvalue weighted by Crippen LogP contribution is 2.51. The van der Waals surface area contributed by atoms with Gasteiger partial charge in [-0.3, -0.25) is 0 Å². The van der Waals surface area contributed by atoms with Gasteiger partial charge in [-0.15, -0.1) is 0 Å². The maximum Gasteiger partial charge on any atom is 0.430 e. The number of hydrogen-bond donors (Lipinski definition) is 1. The van der Waals surface area contributed by atoms with Gasteiger partial charge < -0.3 is 14.6 Å². The Labute approximate surface area is 140 Å². The Morgan fingerprint density at radius 1 is 1.41 bits per heavy atom. The van der Waals surface area contributed by atoms with Crippen molar-refractivity contribution < 1.29 is 32.5 Å². The van der Waals surface area contributed by atoms with Crippen LogP contribution in [0, 0.1) is 0 Å². The molecule has 0 amide bonds. The molecule has 1 aromatic rings. The van der Waals surface area contributed by atoms with E-state index in [2.05, 4.69) is 15.9 Å². The Balaban J connectivity index is 2.78. The normalized spacial score (nSPS) is 17.4. The van der Waals surface area contributed by atoms with Crippen molar-refractivity contribution >= 4 is 51.2 Å². The zero-order chi connectivity index (χ0) is 16.8. The van der Waals surface area contributed by atoms with Crippen LogP contribution in [0.15, 0.2) is 10.0 Å². The first-order valence-electron chi connectivity index (χ1n) is 5.52. The highest BCUT2D eigenvalue weighted by Gasteiger charge is 2.49. The molecule has 0 saturated carbocycles. The molecule has 1 atom stereocenters. The van der Waals surface area contributed by atoms with E-state index in [1.807, 2.05) is 0 Å². The van der Waals surface area contributed by atoms with Gasteiger partial charge in [0.25, 0.3) is 0 Å². The van der Waals surface area contributed by atoms with Gasteiger partial charge in [-0.05, 0) is 22.0 Å². The second-order valence-electron chi connectivity index (χ2n) is 4.16. The molecule has 120 valence electrons. The van der Waals surface area contributed by atoms with E-state index in [9.17, 15) is 18.0 Å². The lowest BCUT2D eigenvalue weighted by Gasteiger charge is -2.29. The lowest BCUT2D eigenvalue weighted by Crippen LogP contribution is -2.40. The van der Waals surface area contributed by atoms with Crippen molar-refractivity contribution in [2.24, 2.45) is 0 Å². The Hall–Kier alpha value is -1.12. The minimum absolute atomic E-state index is 0.00384. The van der Waals surface area contributed by atoms with Gasteiger partial charge in [0.15, 0.2) is 11.5 Å². The molecule has 0 saturated heterocycles. The van der Waals surface area contributed by atoms with E-state index < -0.39 is 23.8 Å². The predicted molar refractivity (Wildman–Crippen MR) is 76.8 cm³/mol. The van der Waals surface area contributed by atoms with Crippen LogP contribution in [0.4, 0.5) is 13.2 Å². The molecule has 2 rings (SSSR count). The summed E-state index contributed by atoms with van der Waals surface area (Å²) >= 11 is 14.9. The van der Waals surface area contributed by atoms with E-state index in [4.69, 9.17) is 37.8 Å². The van der Waals surface area contributed by atoms with Gasteiger partial charge >= 0.3 is 12.1 Å². The van der Waals surface area contributed by atoms with Crippen LogP contribution in [0.1, 0.15) is 5.56 Å². The molecule has 1 aromatic carbocycles. The van der Waals surface area contributed by atoms with Crippen molar-refractivity contribution in [3.8, 4) is 11.5 Å². The molecule has 1 heterocycles. The van der Waals surface area contributed by atoms with Gasteiger partial charge in [0.05, 0.1) is 17.7 Å². The molecule has 1 N–H and O–H groups in total. The summed E-state index contributed by atoms with van der Waals surface area (Å²) in [5, 5.41) is 8.80. The Morgan fingerprint density at radius 2 is 2.00 bits per heavy atom. The van der Waals surface area contributed by atoms with Crippen LogP contribution in [0.2, 0.25) is 10.0 Å². The van der Waals surface area contributed by atoms with Gasteiger partial charge in [0.1, 0.15) is 5.02 Å². The third-order valence-electron chi connectivity index (χ3n) is 2.84. The van der Waals surface area contributed by atoms with E-state index in [-0.39, 0.29) is 31.6 Å². The van der Waals surface area contributed by atoms with E-state index in [1.165, 1.54) is 7.11 Å². The molecule has 0 bridgehead atoms. The zero-order valence-corrected chi connectivity index (χ0v) is 13.7. The molecule has 4 nitrogen and oxygen atoms in total. The van der Waals surface area contributed by atoms with Gasteiger partial charge in [0, 0.05) is 10.0 Å². The van der Waals surface area contributed by atoms with Crippen LogP contribution < -0.4 is 9.47 Å². The summed E-state index contributed by atoms with van der Waals surface area (Å²) in [4.78, 5) is 11.1. The molecule has 0 aromatic heterocycles. The summed E-state index contributed by atoms with van der Waals surface area (Å²) in [6.45, 7) is 0. The highest BCUT2D eigenvalue weighted by atomic mass is 79.9. The van der Waals surface area contributed by atoms with Crippen molar-refractivity contribution in [2.75, 3.05) is 7.11 Å². The fourth-order valence-corrected chi connectivity index (χ4v) is 2.95. The number of alkyl halides is 3. The second-order valence-corrected chi connectivity index (χ2v) is 5.71. The van der Waals surface area contributed by atoms with Crippen LogP contribution in [-0.4, -0.2) is 30.5 Å². The summed E-state index contributed by atoms with van der Waals surface area (Å²) in [7, 11) is 1.17. The van der Waals surface area contributed by atoms with E-state index in [0.717, 1.165) is 6.08 Å². The molecule has 0 spiro atoms. The van der Waals surface area contributed by atoms with Crippen molar-refractivity contribution in [3.63, 3.8) is 0 Å². The van der Waals surface area contributed by atoms with Crippen molar-refractivity contribution in [2.45, 2.75) is 12.3 Å². The molecule has 10 heteroatoms. The number of carbonyl (C=O) groups is 1. The molecular weight excluding hydrogens is 416 g/mol. The number of fused-ring (bicyclic) bond motifs is 1. The Bertz CT molecular complexity index is 688. The average molecular weight is 422 g/mol. The molecule has 1 aliphatic rings. The summed E-state index contributed by atoms with van der Waals surface area (Å²) < 4.78 is 48.9. The van der Waals surface area contributed by atoms with Gasteiger partial charge in [0.2, 0.25) is 6.10 Å². The number of carboxylic acid groups (broad SMARTS) is 1. The maximum absolute atomic E-state index is 13.0. The van der Waals surface area contributed by atoms with Crippen molar-refractivity contribution in [3.05, 3.63) is 25.7 Å². The predicted octanol–water partition coefficient (Wildman–Crippen LogP) is 4.56. The van der Waals surface area contributed by atoms with E-state index in [0.29, 0.717) is 0 Å².